The molecule has 0 spiro atoms. The summed E-state index contributed by atoms with van der Waals surface area (Å²) in [6.45, 7) is 6.37. The Morgan fingerprint density at radius 1 is 1.25 bits per heavy atom. The molecule has 2 nitrogen and oxygen atoms in total. The van der Waals surface area contributed by atoms with Crippen LogP contribution in [0.4, 0.5) is 5.69 Å². The van der Waals surface area contributed by atoms with E-state index in [2.05, 4.69) is 50.1 Å². The Labute approximate surface area is 99.5 Å². The highest BCUT2D eigenvalue weighted by Gasteiger charge is 2.05. The van der Waals surface area contributed by atoms with Gasteiger partial charge in [0.05, 0.1) is 0 Å². The van der Waals surface area contributed by atoms with E-state index < -0.39 is 0 Å². The predicted octanol–water partition coefficient (Wildman–Crippen LogP) is 2.67. The molecule has 0 saturated carbocycles. The van der Waals surface area contributed by atoms with E-state index in [0.717, 1.165) is 25.4 Å². The van der Waals surface area contributed by atoms with E-state index in [1.54, 1.807) is 0 Å². The molecule has 0 aliphatic rings. The molecule has 0 aliphatic carbocycles. The number of anilines is 1. The Morgan fingerprint density at radius 2 is 1.88 bits per heavy atom. The molecule has 2 N–H and O–H groups in total. The van der Waals surface area contributed by atoms with E-state index in [0.29, 0.717) is 0 Å². The molecule has 0 saturated heterocycles. The summed E-state index contributed by atoms with van der Waals surface area (Å²) in [6.07, 6.45) is 2.20. The molecule has 0 bridgehead atoms. The van der Waals surface area contributed by atoms with Gasteiger partial charge in [-0.3, -0.25) is 0 Å². The van der Waals surface area contributed by atoms with Gasteiger partial charge in [0, 0.05) is 19.3 Å². The molecule has 0 fully saturated rings. The summed E-state index contributed by atoms with van der Waals surface area (Å²) in [4.78, 5) is 2.32. The van der Waals surface area contributed by atoms with E-state index in [-0.39, 0.29) is 0 Å². The highest BCUT2D eigenvalue weighted by atomic mass is 15.1. The van der Waals surface area contributed by atoms with Crippen LogP contribution in [-0.4, -0.2) is 20.1 Å². The summed E-state index contributed by atoms with van der Waals surface area (Å²) in [5, 5.41) is 0. The predicted molar refractivity (Wildman–Crippen MR) is 71.9 cm³/mol. The Bertz CT molecular complexity index is 292. The first-order valence-corrected chi connectivity index (χ1v) is 6.17. The third-order valence-corrected chi connectivity index (χ3v) is 3.09. The zero-order valence-electron chi connectivity index (χ0n) is 10.7. The first-order valence-electron chi connectivity index (χ1n) is 6.17. The minimum Gasteiger partial charge on any atom is -0.374 e. The van der Waals surface area contributed by atoms with Gasteiger partial charge in [0.15, 0.2) is 0 Å². The van der Waals surface area contributed by atoms with E-state index in [1.807, 2.05) is 0 Å². The van der Waals surface area contributed by atoms with Gasteiger partial charge in [0.25, 0.3) is 0 Å². The van der Waals surface area contributed by atoms with E-state index in [1.165, 1.54) is 17.7 Å². The van der Waals surface area contributed by atoms with Crippen molar-refractivity contribution in [3.8, 4) is 0 Å². The maximum Gasteiger partial charge on any atom is 0.0363 e. The fourth-order valence-electron chi connectivity index (χ4n) is 1.79. The van der Waals surface area contributed by atoms with Gasteiger partial charge in [0.1, 0.15) is 0 Å². The number of benzene rings is 1. The van der Waals surface area contributed by atoms with Crippen molar-refractivity contribution in [3.63, 3.8) is 0 Å². The van der Waals surface area contributed by atoms with Crippen LogP contribution in [0, 0.1) is 5.92 Å². The van der Waals surface area contributed by atoms with Crippen molar-refractivity contribution in [1.29, 1.82) is 0 Å². The molecule has 0 heterocycles. The first-order chi connectivity index (χ1) is 7.67. The standard InChI is InChI=1S/C14H24N2/c1-4-12(2)11-16(3)14-7-5-13(6-8-14)9-10-15/h5-8,12H,4,9-11,15H2,1-3H3. The molecule has 90 valence electrons. The Morgan fingerprint density at radius 3 is 2.38 bits per heavy atom. The Kier molecular flexibility index (Phi) is 5.33. The summed E-state index contributed by atoms with van der Waals surface area (Å²) >= 11 is 0. The van der Waals surface area contributed by atoms with Crippen LogP contribution in [-0.2, 0) is 6.42 Å². The van der Waals surface area contributed by atoms with Crippen molar-refractivity contribution in [1.82, 2.24) is 0 Å². The van der Waals surface area contributed by atoms with Gasteiger partial charge in [0.2, 0.25) is 0 Å². The van der Waals surface area contributed by atoms with Crippen LogP contribution >= 0.6 is 0 Å². The summed E-state index contributed by atoms with van der Waals surface area (Å²) in [6, 6.07) is 8.73. The van der Waals surface area contributed by atoms with Crippen LogP contribution in [0.15, 0.2) is 24.3 Å². The van der Waals surface area contributed by atoms with Gasteiger partial charge < -0.3 is 10.6 Å². The number of hydrogen-bond acceptors (Lipinski definition) is 2. The Hall–Kier alpha value is -1.02. The second kappa shape index (κ2) is 6.54. The van der Waals surface area contributed by atoms with E-state index in [9.17, 15) is 0 Å². The smallest absolute Gasteiger partial charge is 0.0363 e. The van der Waals surface area contributed by atoms with Crippen LogP contribution < -0.4 is 10.6 Å². The number of nitrogens with two attached hydrogens (primary N) is 1. The van der Waals surface area contributed by atoms with Gasteiger partial charge >= 0.3 is 0 Å². The summed E-state index contributed by atoms with van der Waals surface area (Å²) in [5.41, 5.74) is 8.15. The minimum absolute atomic E-state index is 0.724. The third kappa shape index (κ3) is 3.86. The molecule has 0 aromatic heterocycles. The quantitative estimate of drug-likeness (QED) is 0.798. The molecule has 1 atom stereocenters. The second-order valence-electron chi connectivity index (χ2n) is 4.60. The normalized spacial score (nSPS) is 12.5. The minimum atomic E-state index is 0.724. The lowest BCUT2D eigenvalue weighted by molar-refractivity contribution is 0.560. The molecule has 0 amide bonds. The summed E-state index contributed by atoms with van der Waals surface area (Å²) < 4.78 is 0. The molecule has 1 rings (SSSR count). The van der Waals surface area contributed by atoms with E-state index in [4.69, 9.17) is 5.73 Å². The van der Waals surface area contributed by atoms with Crippen LogP contribution in [0.3, 0.4) is 0 Å². The maximum atomic E-state index is 5.53. The van der Waals surface area contributed by atoms with Crippen molar-refractivity contribution < 1.29 is 0 Å². The monoisotopic (exact) mass is 220 g/mol. The Balaban J connectivity index is 2.59. The SMILES string of the molecule is CCC(C)CN(C)c1ccc(CCN)cc1. The van der Waals surface area contributed by atoms with Crippen LogP contribution in [0.5, 0.6) is 0 Å². The molecular weight excluding hydrogens is 196 g/mol. The first kappa shape index (κ1) is 13.0. The van der Waals surface area contributed by atoms with Gasteiger partial charge in [-0.2, -0.15) is 0 Å². The van der Waals surface area contributed by atoms with Gasteiger partial charge in [-0.05, 0) is 36.6 Å². The van der Waals surface area contributed by atoms with E-state index >= 15 is 0 Å². The van der Waals surface area contributed by atoms with Gasteiger partial charge in [-0.25, -0.2) is 0 Å². The molecule has 1 aromatic rings. The highest BCUT2D eigenvalue weighted by Crippen LogP contribution is 2.16. The van der Waals surface area contributed by atoms with Crippen molar-refractivity contribution in [2.24, 2.45) is 11.7 Å². The van der Waals surface area contributed by atoms with Crippen molar-refractivity contribution >= 4 is 5.69 Å². The van der Waals surface area contributed by atoms with Gasteiger partial charge in [-0.15, -0.1) is 0 Å². The maximum absolute atomic E-state index is 5.53. The molecule has 1 unspecified atom stereocenters. The lowest BCUT2D eigenvalue weighted by Gasteiger charge is -2.23. The second-order valence-corrected chi connectivity index (χ2v) is 4.60. The molecule has 16 heavy (non-hydrogen) atoms. The summed E-state index contributed by atoms with van der Waals surface area (Å²) in [7, 11) is 2.16. The lowest BCUT2D eigenvalue weighted by atomic mass is 10.1. The zero-order valence-corrected chi connectivity index (χ0v) is 10.7. The average Bonchev–Trinajstić information content (AvgIpc) is 2.30. The molecule has 1 aromatic carbocycles. The van der Waals surface area contributed by atoms with Crippen LogP contribution in [0.2, 0.25) is 0 Å². The fraction of sp³-hybridized carbons (Fsp3) is 0.571. The van der Waals surface area contributed by atoms with Crippen molar-refractivity contribution in [3.05, 3.63) is 29.8 Å². The highest BCUT2D eigenvalue weighted by molar-refractivity contribution is 5.46. The van der Waals surface area contributed by atoms with Gasteiger partial charge in [-0.1, -0.05) is 32.4 Å². The van der Waals surface area contributed by atoms with Crippen molar-refractivity contribution in [2.75, 3.05) is 25.0 Å². The van der Waals surface area contributed by atoms with Crippen molar-refractivity contribution in [2.45, 2.75) is 26.7 Å². The molecule has 0 aliphatic heterocycles. The molecular formula is C14H24N2. The van der Waals surface area contributed by atoms with Crippen LogP contribution in [0.1, 0.15) is 25.8 Å². The molecule has 0 radical (unpaired) electrons. The topological polar surface area (TPSA) is 29.3 Å². The largest absolute Gasteiger partial charge is 0.374 e. The fourth-order valence-corrected chi connectivity index (χ4v) is 1.79. The number of nitrogens with zero attached hydrogens (tertiary/aromatic N) is 1. The third-order valence-electron chi connectivity index (χ3n) is 3.09. The number of hydrogen-bond donors (Lipinski definition) is 1. The van der Waals surface area contributed by atoms with Crippen LogP contribution in [0.25, 0.3) is 0 Å². The molecule has 2 heteroatoms. The number of rotatable bonds is 6. The lowest BCUT2D eigenvalue weighted by Crippen LogP contribution is -2.23. The zero-order chi connectivity index (χ0) is 12.0. The average molecular weight is 220 g/mol. The summed E-state index contributed by atoms with van der Waals surface area (Å²) in [5.74, 6) is 0.744.